The first-order chi connectivity index (χ1) is 46.6. The van der Waals surface area contributed by atoms with Crippen LogP contribution in [0.4, 0.5) is 34.1 Å². The summed E-state index contributed by atoms with van der Waals surface area (Å²) in [4.78, 5) is 5.31. The van der Waals surface area contributed by atoms with Crippen LogP contribution in [0.3, 0.4) is 0 Å². The molecule has 4 aliphatic rings. The van der Waals surface area contributed by atoms with Gasteiger partial charge in [0.05, 0.1) is 34.1 Å². The molecule has 0 aliphatic carbocycles. The largest absolute Gasteiger partial charge is 0.458 e. The van der Waals surface area contributed by atoms with Crippen LogP contribution in [0.25, 0.3) is 66.8 Å². The van der Waals surface area contributed by atoms with Crippen molar-refractivity contribution in [2.75, 3.05) is 9.80 Å². The molecule has 0 saturated heterocycles. The van der Waals surface area contributed by atoms with Gasteiger partial charge in [0.2, 0.25) is 0 Å². The second kappa shape index (κ2) is 22.4. The van der Waals surface area contributed by atoms with E-state index in [4.69, 9.17) is 9.47 Å². The van der Waals surface area contributed by atoms with E-state index in [0.717, 1.165) is 140 Å². The molecular weight excluding hydrogens is 1160 g/mol. The van der Waals surface area contributed by atoms with Gasteiger partial charge in [-0.3, -0.25) is 0 Å². The maximum atomic E-state index is 8.12. The van der Waals surface area contributed by atoms with E-state index in [-0.39, 0.29) is 28.9 Å². The SMILES string of the molecule is CC(C)(C)c1ccc2c(c1)Oc1c3c(cc4c1C1c5ccc(-c6ccccc6)cc5N(c5c(-c6ccccc6)cccc5-c5ccccc5)c5cc(C(C)(C)C)cc(c51)N4c1c(-c4ccccc4)cccc1-c1ccccc1)Oc1c(ccc(-c4ccccc4)c1C(C)(C)C)B23. The highest BCUT2D eigenvalue weighted by Gasteiger charge is 2.51. The van der Waals surface area contributed by atoms with Crippen molar-refractivity contribution in [2.24, 2.45) is 0 Å². The van der Waals surface area contributed by atoms with E-state index in [1.54, 1.807) is 0 Å². The number of hydrogen-bond donors (Lipinski definition) is 0. The number of anilines is 6. The summed E-state index contributed by atoms with van der Waals surface area (Å²) < 4.78 is 16.1. The summed E-state index contributed by atoms with van der Waals surface area (Å²) in [6.45, 7) is 20.8. The van der Waals surface area contributed by atoms with Crippen molar-refractivity contribution in [3.05, 3.63) is 318 Å². The van der Waals surface area contributed by atoms with Crippen LogP contribution in [0.2, 0.25) is 0 Å². The standard InChI is InChI=1S/C91H75BN2O2/c1-89(2,3)64-47-50-72-78(55-64)95-88-82-77(56-79-84(88)92(72)73-51-49-66(58-32-18-11-19-33-58)83(87(73)96-79)91(7,8)9)94(86-69(61-38-24-14-25-39-61)44-29-45-70(86)62-40-26-15-27-41-62)76-54-65(90(4,5)6)53-75-81(76)80(82)71-48-46-63(57-30-16-10-17-31-57)52-74(71)93(75)85-67(59-34-20-12-21-35-59)42-28-43-68(85)60-36-22-13-23-37-60/h10-56,80H,1-9H3. The van der Waals surface area contributed by atoms with Crippen LogP contribution < -0.4 is 35.7 Å². The van der Waals surface area contributed by atoms with Crippen molar-refractivity contribution in [2.45, 2.75) is 84.5 Å². The molecule has 17 rings (SSSR count). The van der Waals surface area contributed by atoms with Crippen LogP contribution in [-0.2, 0) is 16.2 Å². The lowest BCUT2D eigenvalue weighted by atomic mass is 9.34. The van der Waals surface area contributed by atoms with Gasteiger partial charge in [0.1, 0.15) is 23.0 Å². The summed E-state index contributed by atoms with van der Waals surface area (Å²) in [5.41, 5.74) is 29.7. The van der Waals surface area contributed by atoms with Crippen molar-refractivity contribution < 1.29 is 9.47 Å². The Balaban J connectivity index is 1.07. The summed E-state index contributed by atoms with van der Waals surface area (Å²) in [5.74, 6) is 3.05. The van der Waals surface area contributed by atoms with Crippen molar-refractivity contribution >= 4 is 57.2 Å². The van der Waals surface area contributed by atoms with E-state index in [9.17, 15) is 0 Å². The molecule has 13 aromatic rings. The smallest absolute Gasteiger partial charge is 0.260 e. The third kappa shape index (κ3) is 9.56. The van der Waals surface area contributed by atoms with Crippen LogP contribution in [0, 0.1) is 0 Å². The number of para-hydroxylation sites is 2. The number of rotatable bonds is 8. The highest BCUT2D eigenvalue weighted by molar-refractivity contribution is 6.98. The van der Waals surface area contributed by atoms with Crippen molar-refractivity contribution in [1.82, 2.24) is 0 Å². The van der Waals surface area contributed by atoms with Crippen LogP contribution in [-0.4, -0.2) is 6.71 Å². The molecule has 4 aliphatic heterocycles. The maximum Gasteiger partial charge on any atom is 0.260 e. The summed E-state index contributed by atoms with van der Waals surface area (Å²) >= 11 is 0. The Hall–Kier alpha value is -10.9. The third-order valence-corrected chi connectivity index (χ3v) is 20.4. The number of ether oxygens (including phenoxy) is 2. The van der Waals surface area contributed by atoms with Gasteiger partial charge in [-0.25, -0.2) is 0 Å². The number of hydrogen-bond acceptors (Lipinski definition) is 4. The Morgan fingerprint density at radius 3 is 1.20 bits per heavy atom. The van der Waals surface area contributed by atoms with E-state index in [0.29, 0.717) is 0 Å². The highest BCUT2D eigenvalue weighted by Crippen LogP contribution is 2.67. The van der Waals surface area contributed by atoms with E-state index >= 15 is 0 Å². The monoisotopic (exact) mass is 1240 g/mol. The molecule has 0 amide bonds. The van der Waals surface area contributed by atoms with Crippen molar-refractivity contribution in [1.29, 1.82) is 0 Å². The van der Waals surface area contributed by atoms with E-state index in [1.807, 2.05) is 0 Å². The molecular formula is C91H75BN2O2. The molecule has 5 heteroatoms. The van der Waals surface area contributed by atoms with Gasteiger partial charge in [-0.1, -0.05) is 317 Å². The zero-order valence-corrected chi connectivity index (χ0v) is 56.0. The summed E-state index contributed by atoms with van der Waals surface area (Å²) in [5, 5.41) is 0. The average molecular weight is 1240 g/mol. The topological polar surface area (TPSA) is 24.9 Å². The number of benzene rings is 13. The fraction of sp³-hybridized carbons (Fsp3) is 0.143. The molecule has 464 valence electrons. The fourth-order valence-corrected chi connectivity index (χ4v) is 15.8. The summed E-state index contributed by atoms with van der Waals surface area (Å²) in [6.07, 6.45) is 0. The molecule has 96 heavy (non-hydrogen) atoms. The van der Waals surface area contributed by atoms with Gasteiger partial charge in [0, 0.05) is 56.4 Å². The minimum Gasteiger partial charge on any atom is -0.458 e. The first-order valence-corrected chi connectivity index (χ1v) is 34.0. The molecule has 0 bridgehead atoms. The fourth-order valence-electron chi connectivity index (χ4n) is 15.8. The Morgan fingerprint density at radius 2 is 0.729 bits per heavy atom. The van der Waals surface area contributed by atoms with Gasteiger partial charge < -0.3 is 19.3 Å². The molecule has 0 aromatic heterocycles. The molecule has 0 saturated carbocycles. The molecule has 0 spiro atoms. The van der Waals surface area contributed by atoms with Gasteiger partial charge in [-0.05, 0) is 113 Å². The summed E-state index contributed by atoms with van der Waals surface area (Å²) in [6, 6.07) is 106. The number of fused-ring (bicyclic) bond motifs is 9. The minimum atomic E-state index is -0.361. The average Bonchev–Trinajstić information content (AvgIpc) is 0.678. The van der Waals surface area contributed by atoms with E-state index in [1.165, 1.54) is 33.4 Å². The van der Waals surface area contributed by atoms with Gasteiger partial charge in [0.25, 0.3) is 6.71 Å². The third-order valence-electron chi connectivity index (χ3n) is 20.4. The maximum absolute atomic E-state index is 8.12. The number of nitrogens with zero attached hydrogens (tertiary/aromatic N) is 2. The Labute approximate surface area is 565 Å². The van der Waals surface area contributed by atoms with Gasteiger partial charge in [-0.2, -0.15) is 0 Å². The van der Waals surface area contributed by atoms with E-state index < -0.39 is 0 Å². The Morgan fingerprint density at radius 1 is 0.302 bits per heavy atom. The van der Waals surface area contributed by atoms with E-state index in [2.05, 4.69) is 357 Å². The van der Waals surface area contributed by atoms with Gasteiger partial charge >= 0.3 is 0 Å². The lowest BCUT2D eigenvalue weighted by Gasteiger charge is -2.48. The van der Waals surface area contributed by atoms with Crippen LogP contribution in [0.15, 0.2) is 285 Å². The second-order valence-corrected chi connectivity index (χ2v) is 29.5. The molecule has 1 unspecified atom stereocenters. The minimum absolute atomic E-state index is 0.168. The van der Waals surface area contributed by atoms with Crippen LogP contribution in [0.5, 0.6) is 23.0 Å². The van der Waals surface area contributed by atoms with Gasteiger partial charge in [0.15, 0.2) is 0 Å². The predicted octanol–water partition coefficient (Wildman–Crippen LogP) is 23.1. The first-order valence-electron chi connectivity index (χ1n) is 34.0. The molecule has 13 aromatic carbocycles. The molecule has 4 heterocycles. The molecule has 0 N–H and O–H groups in total. The predicted molar refractivity (Wildman–Crippen MR) is 403 cm³/mol. The lowest BCUT2D eigenvalue weighted by Crippen LogP contribution is -2.58. The zero-order chi connectivity index (χ0) is 65.4. The molecule has 0 radical (unpaired) electrons. The Bertz CT molecular complexity index is 5100. The quantitative estimate of drug-likeness (QED) is 0.142. The zero-order valence-electron chi connectivity index (χ0n) is 56.0. The molecule has 0 fully saturated rings. The van der Waals surface area contributed by atoms with Gasteiger partial charge in [-0.15, -0.1) is 0 Å². The normalized spacial score (nSPS) is 14.1. The molecule has 1 atom stereocenters. The van der Waals surface area contributed by atoms with Crippen LogP contribution >= 0.6 is 0 Å². The van der Waals surface area contributed by atoms with Crippen molar-refractivity contribution in [3.63, 3.8) is 0 Å². The Kier molecular flexibility index (Phi) is 13.7. The van der Waals surface area contributed by atoms with Crippen LogP contribution in [0.1, 0.15) is 102 Å². The first kappa shape index (κ1) is 58.9. The lowest BCUT2D eigenvalue weighted by molar-refractivity contribution is 0.446. The highest BCUT2D eigenvalue weighted by atomic mass is 16.5. The molecule has 4 nitrogen and oxygen atoms in total. The summed E-state index contributed by atoms with van der Waals surface area (Å²) in [7, 11) is 0. The second-order valence-electron chi connectivity index (χ2n) is 29.5. The van der Waals surface area contributed by atoms with Crippen molar-refractivity contribution in [3.8, 4) is 89.8 Å².